The predicted molar refractivity (Wildman–Crippen MR) is 79.4 cm³/mol. The van der Waals surface area contributed by atoms with E-state index in [9.17, 15) is 13.2 Å². The van der Waals surface area contributed by atoms with Crippen LogP contribution >= 0.6 is 0 Å². The number of carbonyl (C=O) groups is 1. The Kier molecular flexibility index (Phi) is 4.09. The van der Waals surface area contributed by atoms with Crippen molar-refractivity contribution in [1.29, 1.82) is 0 Å². The summed E-state index contributed by atoms with van der Waals surface area (Å²) in [5.74, 6) is -0.148. The standard InChI is InChI=1S/C15H15NO4S/c1-10-4-6-14(7-5-10)21(18,19)20-16-15-11(2)8-13(17)9-12(15)3/h4-9H,1-3H3. The molecule has 0 unspecified atom stereocenters. The number of allylic oxidation sites excluding steroid dienone is 4. The van der Waals surface area contributed by atoms with Crippen LogP contribution in [0.25, 0.3) is 0 Å². The lowest BCUT2D eigenvalue weighted by molar-refractivity contribution is -0.110. The average Bonchev–Trinajstić information content (AvgIpc) is 2.37. The van der Waals surface area contributed by atoms with Crippen LogP contribution in [-0.2, 0) is 19.2 Å². The fourth-order valence-electron chi connectivity index (χ4n) is 1.89. The Balaban J connectivity index is 2.28. The minimum atomic E-state index is -3.96. The van der Waals surface area contributed by atoms with Gasteiger partial charge in [0.25, 0.3) is 0 Å². The van der Waals surface area contributed by atoms with Crippen LogP contribution in [0.5, 0.6) is 0 Å². The van der Waals surface area contributed by atoms with Crippen molar-refractivity contribution >= 4 is 21.6 Å². The molecule has 110 valence electrons. The molecule has 0 aliphatic heterocycles. The molecule has 0 fully saturated rings. The molecule has 5 nitrogen and oxygen atoms in total. The zero-order chi connectivity index (χ0) is 15.6. The summed E-state index contributed by atoms with van der Waals surface area (Å²) in [7, 11) is -3.96. The quantitative estimate of drug-likeness (QED) is 0.635. The molecule has 1 aliphatic carbocycles. The van der Waals surface area contributed by atoms with E-state index in [1.54, 1.807) is 26.0 Å². The van der Waals surface area contributed by atoms with E-state index in [4.69, 9.17) is 4.28 Å². The molecule has 0 saturated heterocycles. The smallest absolute Gasteiger partial charge is 0.290 e. The van der Waals surface area contributed by atoms with Gasteiger partial charge in [-0.1, -0.05) is 22.9 Å². The molecule has 0 aromatic heterocycles. The maximum Gasteiger partial charge on any atom is 0.358 e. The van der Waals surface area contributed by atoms with Crippen LogP contribution in [0, 0.1) is 6.92 Å². The summed E-state index contributed by atoms with van der Waals surface area (Å²) in [5.41, 5.74) is 2.44. The number of nitrogens with zero attached hydrogens (tertiary/aromatic N) is 1. The van der Waals surface area contributed by atoms with Crippen molar-refractivity contribution < 1.29 is 17.5 Å². The highest BCUT2D eigenvalue weighted by molar-refractivity contribution is 7.86. The minimum Gasteiger partial charge on any atom is -0.290 e. The van der Waals surface area contributed by atoms with E-state index in [0.717, 1.165) is 5.56 Å². The van der Waals surface area contributed by atoms with Crippen LogP contribution in [0.2, 0.25) is 0 Å². The van der Waals surface area contributed by atoms with Gasteiger partial charge in [0.1, 0.15) is 10.6 Å². The zero-order valence-electron chi connectivity index (χ0n) is 12.0. The molecule has 2 rings (SSSR count). The summed E-state index contributed by atoms with van der Waals surface area (Å²) in [6.45, 7) is 5.21. The van der Waals surface area contributed by atoms with Crippen LogP contribution in [0.1, 0.15) is 19.4 Å². The molecule has 1 aromatic carbocycles. The molecule has 1 aliphatic rings. The summed E-state index contributed by atoms with van der Waals surface area (Å²) in [5, 5.41) is 3.69. The first-order chi connectivity index (χ1) is 9.79. The molecule has 1 aromatic rings. The lowest BCUT2D eigenvalue weighted by Gasteiger charge is -2.10. The third-order valence-electron chi connectivity index (χ3n) is 3.00. The average molecular weight is 305 g/mol. The van der Waals surface area contributed by atoms with Crippen LogP contribution in [0.3, 0.4) is 0 Å². The minimum absolute atomic E-state index is 0.0348. The highest BCUT2D eigenvalue weighted by atomic mass is 32.2. The maximum atomic E-state index is 12.0. The molecule has 0 amide bonds. The van der Waals surface area contributed by atoms with Crippen LogP contribution in [0.15, 0.2) is 57.6 Å². The second-order valence-corrected chi connectivity index (χ2v) is 6.37. The summed E-state index contributed by atoms with van der Waals surface area (Å²) >= 11 is 0. The number of carbonyl (C=O) groups excluding carboxylic acids is 1. The van der Waals surface area contributed by atoms with Crippen molar-refractivity contribution in [3.63, 3.8) is 0 Å². The van der Waals surface area contributed by atoms with Gasteiger partial charge in [0.2, 0.25) is 0 Å². The van der Waals surface area contributed by atoms with Crippen molar-refractivity contribution in [2.75, 3.05) is 0 Å². The second kappa shape index (κ2) is 5.65. The van der Waals surface area contributed by atoms with Gasteiger partial charge < -0.3 is 0 Å². The Morgan fingerprint density at radius 1 is 0.952 bits per heavy atom. The molecular weight excluding hydrogens is 290 g/mol. The third-order valence-corrected chi connectivity index (χ3v) is 4.12. The second-order valence-electron chi connectivity index (χ2n) is 4.84. The number of ketones is 1. The molecule has 0 radical (unpaired) electrons. The van der Waals surface area contributed by atoms with Crippen LogP contribution < -0.4 is 0 Å². The number of aryl methyl sites for hydroxylation is 1. The SMILES string of the molecule is CC1=CC(=O)C=C(C)C1=NOS(=O)(=O)c1ccc(C)cc1. The molecule has 0 saturated carbocycles. The van der Waals surface area contributed by atoms with E-state index < -0.39 is 10.1 Å². The first-order valence-corrected chi connectivity index (χ1v) is 7.70. The van der Waals surface area contributed by atoms with E-state index in [0.29, 0.717) is 16.9 Å². The number of benzene rings is 1. The Morgan fingerprint density at radius 3 is 2.00 bits per heavy atom. The topological polar surface area (TPSA) is 72.8 Å². The van der Waals surface area contributed by atoms with Crippen molar-refractivity contribution in [3.8, 4) is 0 Å². The van der Waals surface area contributed by atoms with Gasteiger partial charge in [-0.15, -0.1) is 0 Å². The van der Waals surface area contributed by atoms with E-state index in [-0.39, 0.29) is 10.7 Å². The number of oxime groups is 1. The first kappa shape index (κ1) is 15.2. The van der Waals surface area contributed by atoms with Gasteiger partial charge in [-0.3, -0.25) is 9.08 Å². The number of hydrogen-bond acceptors (Lipinski definition) is 5. The molecule has 0 atom stereocenters. The molecular formula is C15H15NO4S. The predicted octanol–water partition coefficient (Wildman–Crippen LogP) is 2.53. The van der Waals surface area contributed by atoms with Gasteiger partial charge in [0, 0.05) is 0 Å². The van der Waals surface area contributed by atoms with Crippen molar-refractivity contribution in [2.24, 2.45) is 5.16 Å². The van der Waals surface area contributed by atoms with Gasteiger partial charge in [-0.25, -0.2) is 0 Å². The Labute approximate surface area is 123 Å². The molecule has 21 heavy (non-hydrogen) atoms. The van der Waals surface area contributed by atoms with E-state index in [1.807, 2.05) is 6.92 Å². The van der Waals surface area contributed by atoms with Crippen molar-refractivity contribution in [3.05, 3.63) is 53.1 Å². The first-order valence-electron chi connectivity index (χ1n) is 6.29. The summed E-state index contributed by atoms with van der Waals surface area (Å²) in [6.07, 6.45) is 2.77. The lowest BCUT2D eigenvalue weighted by Crippen LogP contribution is -2.13. The Bertz CT molecular complexity index is 744. The summed E-state index contributed by atoms with van der Waals surface area (Å²) in [6, 6.07) is 6.28. The normalized spacial score (nSPS) is 15.4. The molecule has 0 bridgehead atoms. The molecule has 6 heteroatoms. The molecule has 0 N–H and O–H groups in total. The highest BCUT2D eigenvalue weighted by Crippen LogP contribution is 2.17. The third kappa shape index (κ3) is 3.46. The molecule has 0 heterocycles. The maximum absolute atomic E-state index is 12.0. The van der Waals surface area contributed by atoms with Crippen molar-refractivity contribution in [2.45, 2.75) is 25.7 Å². The lowest BCUT2D eigenvalue weighted by atomic mass is 9.98. The Morgan fingerprint density at radius 2 is 1.48 bits per heavy atom. The number of rotatable bonds is 3. The summed E-state index contributed by atoms with van der Waals surface area (Å²) < 4.78 is 28.8. The van der Waals surface area contributed by atoms with Gasteiger partial charge in [-0.05, 0) is 56.2 Å². The number of hydrogen-bond donors (Lipinski definition) is 0. The van der Waals surface area contributed by atoms with Gasteiger partial charge in [-0.2, -0.15) is 8.42 Å². The largest absolute Gasteiger partial charge is 0.358 e. The van der Waals surface area contributed by atoms with Crippen LogP contribution in [0.4, 0.5) is 0 Å². The van der Waals surface area contributed by atoms with Gasteiger partial charge in [0.15, 0.2) is 5.78 Å². The monoisotopic (exact) mass is 305 g/mol. The van der Waals surface area contributed by atoms with E-state index >= 15 is 0 Å². The van der Waals surface area contributed by atoms with E-state index in [2.05, 4.69) is 5.16 Å². The van der Waals surface area contributed by atoms with Crippen LogP contribution in [-0.4, -0.2) is 19.9 Å². The fraction of sp³-hybridized carbons (Fsp3) is 0.200. The fourth-order valence-corrected chi connectivity index (χ4v) is 2.62. The van der Waals surface area contributed by atoms with Gasteiger partial charge >= 0.3 is 10.1 Å². The van der Waals surface area contributed by atoms with Gasteiger partial charge in [0.05, 0.1) is 0 Å². The Hall–Kier alpha value is -2.21. The van der Waals surface area contributed by atoms with E-state index in [1.165, 1.54) is 24.3 Å². The summed E-state index contributed by atoms with van der Waals surface area (Å²) in [4.78, 5) is 11.4. The molecule has 0 spiro atoms. The van der Waals surface area contributed by atoms with Crippen molar-refractivity contribution in [1.82, 2.24) is 0 Å². The zero-order valence-corrected chi connectivity index (χ0v) is 12.8. The highest BCUT2D eigenvalue weighted by Gasteiger charge is 2.18.